The van der Waals surface area contributed by atoms with E-state index in [-0.39, 0.29) is 5.75 Å². The van der Waals surface area contributed by atoms with Crippen molar-refractivity contribution in [2.24, 2.45) is 7.05 Å². The molecule has 0 bridgehead atoms. The first-order valence-corrected chi connectivity index (χ1v) is 5.33. The highest BCUT2D eigenvalue weighted by atomic mass is 19.1. The lowest BCUT2D eigenvalue weighted by molar-refractivity contribution is 0.220. The Labute approximate surface area is 104 Å². The molecule has 2 rings (SSSR count). The average Bonchev–Trinajstić information content (AvgIpc) is 2.69. The van der Waals surface area contributed by atoms with Crippen molar-refractivity contribution in [2.75, 3.05) is 12.8 Å². The van der Waals surface area contributed by atoms with Crippen LogP contribution in [-0.2, 0) is 7.05 Å². The Kier molecular flexibility index (Phi) is 3.20. The molecule has 1 heterocycles. The van der Waals surface area contributed by atoms with Gasteiger partial charge in [0.1, 0.15) is 11.9 Å². The zero-order valence-electron chi connectivity index (χ0n) is 10.1. The van der Waals surface area contributed by atoms with Crippen molar-refractivity contribution in [3.05, 3.63) is 41.3 Å². The molecule has 1 aromatic carbocycles. The van der Waals surface area contributed by atoms with Crippen LogP contribution in [0.15, 0.2) is 24.4 Å². The summed E-state index contributed by atoms with van der Waals surface area (Å²) in [5, 5.41) is 14.1. The molecule has 0 saturated carbocycles. The van der Waals surface area contributed by atoms with E-state index in [0.717, 1.165) is 0 Å². The number of hydrogen-bond acceptors (Lipinski definition) is 4. The number of anilines is 1. The Bertz CT molecular complexity index is 568. The van der Waals surface area contributed by atoms with Crippen LogP contribution in [0.5, 0.6) is 5.75 Å². The molecule has 2 aromatic rings. The van der Waals surface area contributed by atoms with Crippen LogP contribution in [0.25, 0.3) is 0 Å². The molecule has 6 heteroatoms. The minimum atomic E-state index is -1.01. The maximum atomic E-state index is 13.5. The predicted molar refractivity (Wildman–Crippen MR) is 64.6 cm³/mol. The SMILES string of the molecule is COc1ccc(C(O)c2cnn(C)c2N)cc1F. The van der Waals surface area contributed by atoms with Crippen LogP contribution in [-0.4, -0.2) is 22.0 Å². The van der Waals surface area contributed by atoms with Crippen LogP contribution < -0.4 is 10.5 Å². The minimum absolute atomic E-state index is 0.130. The van der Waals surface area contributed by atoms with Crippen LogP contribution in [0, 0.1) is 5.82 Å². The summed E-state index contributed by atoms with van der Waals surface area (Å²) in [7, 11) is 3.05. The fraction of sp³-hybridized carbons (Fsp3) is 0.250. The highest BCUT2D eigenvalue weighted by Crippen LogP contribution is 2.28. The molecule has 0 fully saturated rings. The second-order valence-electron chi connectivity index (χ2n) is 3.91. The van der Waals surface area contributed by atoms with Gasteiger partial charge in [-0.15, -0.1) is 0 Å². The average molecular weight is 251 g/mol. The van der Waals surface area contributed by atoms with Crippen LogP contribution in [0.3, 0.4) is 0 Å². The third kappa shape index (κ3) is 2.02. The highest BCUT2D eigenvalue weighted by molar-refractivity contribution is 5.45. The van der Waals surface area contributed by atoms with E-state index < -0.39 is 11.9 Å². The first-order valence-electron chi connectivity index (χ1n) is 5.33. The van der Waals surface area contributed by atoms with Crippen LogP contribution in [0.1, 0.15) is 17.2 Å². The number of aryl methyl sites for hydroxylation is 1. The van der Waals surface area contributed by atoms with Gasteiger partial charge in [-0.1, -0.05) is 6.07 Å². The summed E-state index contributed by atoms with van der Waals surface area (Å²) in [6, 6.07) is 4.26. The summed E-state index contributed by atoms with van der Waals surface area (Å²) in [5.41, 5.74) is 6.60. The second kappa shape index (κ2) is 4.66. The number of nitrogen functional groups attached to an aromatic ring is 1. The number of hydrogen-bond donors (Lipinski definition) is 2. The molecule has 0 aliphatic rings. The summed E-state index contributed by atoms with van der Waals surface area (Å²) in [6.45, 7) is 0. The number of ether oxygens (including phenoxy) is 1. The Morgan fingerprint density at radius 1 is 1.50 bits per heavy atom. The van der Waals surface area contributed by atoms with E-state index in [1.165, 1.54) is 30.1 Å². The van der Waals surface area contributed by atoms with Crippen LogP contribution >= 0.6 is 0 Å². The van der Waals surface area contributed by atoms with Gasteiger partial charge in [0.2, 0.25) is 0 Å². The van der Waals surface area contributed by atoms with Crippen molar-refractivity contribution in [2.45, 2.75) is 6.10 Å². The van der Waals surface area contributed by atoms with E-state index in [9.17, 15) is 9.50 Å². The molecule has 1 atom stereocenters. The van der Waals surface area contributed by atoms with Gasteiger partial charge in [-0.3, -0.25) is 4.68 Å². The fourth-order valence-corrected chi connectivity index (χ4v) is 1.71. The Hall–Kier alpha value is -2.08. The number of nitrogens with two attached hydrogens (primary N) is 1. The van der Waals surface area contributed by atoms with E-state index in [2.05, 4.69) is 5.10 Å². The largest absolute Gasteiger partial charge is 0.494 e. The van der Waals surface area contributed by atoms with Gasteiger partial charge >= 0.3 is 0 Å². The summed E-state index contributed by atoms with van der Waals surface area (Å²) < 4.78 is 19.8. The van der Waals surface area contributed by atoms with Gasteiger partial charge in [-0.05, 0) is 17.7 Å². The molecular formula is C12H14FN3O2. The lowest BCUT2D eigenvalue weighted by Crippen LogP contribution is -2.05. The van der Waals surface area contributed by atoms with E-state index in [1.807, 2.05) is 0 Å². The first kappa shape index (κ1) is 12.4. The third-order valence-corrected chi connectivity index (χ3v) is 2.80. The molecule has 0 radical (unpaired) electrons. The zero-order valence-corrected chi connectivity index (χ0v) is 10.1. The van der Waals surface area contributed by atoms with E-state index in [1.54, 1.807) is 13.1 Å². The molecule has 1 unspecified atom stereocenters. The van der Waals surface area contributed by atoms with Crippen LogP contribution in [0.4, 0.5) is 10.2 Å². The Morgan fingerprint density at radius 2 is 2.22 bits per heavy atom. The summed E-state index contributed by atoms with van der Waals surface area (Å²) >= 11 is 0. The standard InChI is InChI=1S/C12H14FN3O2/c1-16-12(14)8(6-15-16)11(17)7-3-4-10(18-2)9(13)5-7/h3-6,11,17H,14H2,1-2H3. The number of aliphatic hydroxyl groups excluding tert-OH is 1. The van der Waals surface area contributed by atoms with Gasteiger partial charge in [0.25, 0.3) is 0 Å². The molecule has 18 heavy (non-hydrogen) atoms. The van der Waals surface area contributed by atoms with Crippen molar-refractivity contribution in [3.63, 3.8) is 0 Å². The predicted octanol–water partition coefficient (Wildman–Crippen LogP) is 1.23. The van der Waals surface area contributed by atoms with Gasteiger partial charge in [0.05, 0.1) is 13.3 Å². The van der Waals surface area contributed by atoms with Crippen molar-refractivity contribution in [3.8, 4) is 5.75 Å². The molecule has 0 saturated heterocycles. The van der Waals surface area contributed by atoms with Crippen molar-refractivity contribution in [1.82, 2.24) is 9.78 Å². The van der Waals surface area contributed by atoms with Gasteiger partial charge in [-0.25, -0.2) is 4.39 Å². The topological polar surface area (TPSA) is 73.3 Å². The van der Waals surface area contributed by atoms with E-state index in [4.69, 9.17) is 10.5 Å². The quantitative estimate of drug-likeness (QED) is 0.860. The van der Waals surface area contributed by atoms with E-state index >= 15 is 0 Å². The number of aliphatic hydroxyl groups is 1. The maximum absolute atomic E-state index is 13.5. The smallest absolute Gasteiger partial charge is 0.165 e. The summed E-state index contributed by atoms with van der Waals surface area (Å²) in [4.78, 5) is 0. The molecule has 96 valence electrons. The molecule has 0 amide bonds. The number of methoxy groups -OCH3 is 1. The number of nitrogens with zero attached hydrogens (tertiary/aromatic N) is 2. The van der Waals surface area contributed by atoms with Crippen LogP contribution in [0.2, 0.25) is 0 Å². The molecule has 0 aliphatic heterocycles. The summed E-state index contributed by atoms with van der Waals surface area (Å²) in [6.07, 6.45) is 0.446. The fourth-order valence-electron chi connectivity index (χ4n) is 1.71. The second-order valence-corrected chi connectivity index (χ2v) is 3.91. The molecule has 0 aliphatic carbocycles. The number of aromatic nitrogens is 2. The molecule has 0 spiro atoms. The minimum Gasteiger partial charge on any atom is -0.494 e. The van der Waals surface area contributed by atoms with Gasteiger partial charge in [0.15, 0.2) is 11.6 Å². The first-order chi connectivity index (χ1) is 8.54. The Morgan fingerprint density at radius 3 is 2.72 bits per heavy atom. The monoisotopic (exact) mass is 251 g/mol. The van der Waals surface area contributed by atoms with Crippen molar-refractivity contribution in [1.29, 1.82) is 0 Å². The number of halogens is 1. The van der Waals surface area contributed by atoms with Gasteiger partial charge in [-0.2, -0.15) is 5.10 Å². The molecular weight excluding hydrogens is 237 g/mol. The third-order valence-electron chi connectivity index (χ3n) is 2.80. The lowest BCUT2D eigenvalue weighted by Gasteiger charge is -2.11. The van der Waals surface area contributed by atoms with E-state index in [0.29, 0.717) is 16.9 Å². The normalized spacial score (nSPS) is 12.4. The summed E-state index contributed by atoms with van der Waals surface area (Å²) in [5.74, 6) is -0.0552. The maximum Gasteiger partial charge on any atom is 0.165 e. The Balaban J connectivity index is 2.37. The number of rotatable bonds is 3. The van der Waals surface area contributed by atoms with Gasteiger partial charge < -0.3 is 15.6 Å². The number of benzene rings is 1. The van der Waals surface area contributed by atoms with Crippen molar-refractivity contribution < 1.29 is 14.2 Å². The highest BCUT2D eigenvalue weighted by Gasteiger charge is 2.18. The van der Waals surface area contributed by atoms with Crippen molar-refractivity contribution >= 4 is 5.82 Å². The molecule has 1 aromatic heterocycles. The molecule has 3 N–H and O–H groups in total. The lowest BCUT2D eigenvalue weighted by atomic mass is 10.0. The molecule has 5 nitrogen and oxygen atoms in total. The zero-order chi connectivity index (χ0) is 13.3. The van der Waals surface area contributed by atoms with Gasteiger partial charge in [0, 0.05) is 12.6 Å².